The SMILES string of the molecule is CCn1c(-c2ccc(Sc3ccccc3)cc2)cc2cc(OC)ccc21. The van der Waals surface area contributed by atoms with Crippen molar-refractivity contribution in [3.8, 4) is 17.0 Å². The molecule has 0 aliphatic carbocycles. The monoisotopic (exact) mass is 359 g/mol. The molecule has 0 atom stereocenters. The van der Waals surface area contributed by atoms with E-state index in [1.54, 1.807) is 18.9 Å². The van der Waals surface area contributed by atoms with Gasteiger partial charge in [-0.1, -0.05) is 42.1 Å². The average Bonchev–Trinajstić information content (AvgIpc) is 3.07. The van der Waals surface area contributed by atoms with E-state index in [0.717, 1.165) is 12.3 Å². The van der Waals surface area contributed by atoms with Crippen LogP contribution in [0.1, 0.15) is 6.92 Å². The Labute approximate surface area is 158 Å². The molecule has 3 aromatic carbocycles. The molecule has 0 radical (unpaired) electrons. The van der Waals surface area contributed by atoms with E-state index in [1.807, 2.05) is 12.1 Å². The summed E-state index contributed by atoms with van der Waals surface area (Å²) in [5, 5.41) is 1.21. The molecule has 0 saturated heterocycles. The Balaban J connectivity index is 1.68. The van der Waals surface area contributed by atoms with Gasteiger partial charge in [-0.25, -0.2) is 0 Å². The van der Waals surface area contributed by atoms with Crippen LogP contribution < -0.4 is 4.74 Å². The number of nitrogens with zero attached hydrogens (tertiary/aromatic N) is 1. The number of ether oxygens (including phenoxy) is 1. The highest BCUT2D eigenvalue weighted by Crippen LogP contribution is 2.33. The van der Waals surface area contributed by atoms with Crippen LogP contribution in [-0.2, 0) is 6.54 Å². The van der Waals surface area contributed by atoms with Crippen LogP contribution in [0.4, 0.5) is 0 Å². The average molecular weight is 359 g/mol. The molecule has 4 rings (SSSR count). The van der Waals surface area contributed by atoms with Gasteiger partial charge in [-0.15, -0.1) is 0 Å². The largest absolute Gasteiger partial charge is 0.497 e. The molecule has 0 fully saturated rings. The smallest absolute Gasteiger partial charge is 0.119 e. The summed E-state index contributed by atoms with van der Waals surface area (Å²) >= 11 is 1.79. The number of fused-ring (bicyclic) bond motifs is 1. The molecule has 26 heavy (non-hydrogen) atoms. The van der Waals surface area contributed by atoms with Crippen LogP contribution in [0.25, 0.3) is 22.2 Å². The zero-order valence-electron chi connectivity index (χ0n) is 15.0. The van der Waals surface area contributed by atoms with Gasteiger partial charge in [0.2, 0.25) is 0 Å². The zero-order valence-corrected chi connectivity index (χ0v) is 15.8. The van der Waals surface area contributed by atoms with Gasteiger partial charge in [-0.3, -0.25) is 0 Å². The Morgan fingerprint density at radius 1 is 0.846 bits per heavy atom. The van der Waals surface area contributed by atoms with Crippen LogP contribution in [0.5, 0.6) is 5.75 Å². The number of benzene rings is 3. The first-order valence-corrected chi connectivity index (χ1v) is 9.61. The maximum absolute atomic E-state index is 5.37. The molecule has 0 aliphatic heterocycles. The summed E-state index contributed by atoms with van der Waals surface area (Å²) in [5.41, 5.74) is 3.72. The first kappa shape index (κ1) is 16.8. The van der Waals surface area contributed by atoms with Crippen LogP contribution >= 0.6 is 11.8 Å². The molecule has 0 aliphatic rings. The quantitative estimate of drug-likeness (QED) is 0.404. The highest BCUT2D eigenvalue weighted by atomic mass is 32.2. The number of aryl methyl sites for hydroxylation is 1. The summed E-state index contributed by atoms with van der Waals surface area (Å²) in [7, 11) is 1.71. The van der Waals surface area contributed by atoms with Crippen molar-refractivity contribution in [2.24, 2.45) is 0 Å². The van der Waals surface area contributed by atoms with E-state index in [9.17, 15) is 0 Å². The molecule has 3 heteroatoms. The van der Waals surface area contributed by atoms with Crippen LogP contribution in [0.15, 0.2) is 88.7 Å². The van der Waals surface area contributed by atoms with Gasteiger partial charge < -0.3 is 9.30 Å². The lowest BCUT2D eigenvalue weighted by Crippen LogP contribution is -1.96. The lowest BCUT2D eigenvalue weighted by molar-refractivity contribution is 0.415. The van der Waals surface area contributed by atoms with Gasteiger partial charge in [-0.2, -0.15) is 0 Å². The predicted molar refractivity (Wildman–Crippen MR) is 110 cm³/mol. The fourth-order valence-electron chi connectivity index (χ4n) is 3.27. The Bertz CT molecular complexity index is 1020. The minimum Gasteiger partial charge on any atom is -0.497 e. The third-order valence-corrected chi connectivity index (χ3v) is 5.57. The fourth-order valence-corrected chi connectivity index (χ4v) is 4.11. The van der Waals surface area contributed by atoms with E-state index in [1.165, 1.54) is 32.0 Å². The molecule has 0 bridgehead atoms. The Kier molecular flexibility index (Phi) is 4.72. The lowest BCUT2D eigenvalue weighted by Gasteiger charge is -2.09. The Morgan fingerprint density at radius 2 is 1.58 bits per heavy atom. The standard InChI is InChI=1S/C23H21NOS/c1-3-24-22-14-11-19(25-2)15-18(22)16-23(24)17-9-12-21(13-10-17)26-20-7-5-4-6-8-20/h4-16H,3H2,1-2H3. The maximum Gasteiger partial charge on any atom is 0.119 e. The Hall–Kier alpha value is -2.65. The van der Waals surface area contributed by atoms with Crippen molar-refractivity contribution < 1.29 is 4.74 Å². The van der Waals surface area contributed by atoms with E-state index in [2.05, 4.69) is 78.2 Å². The number of rotatable bonds is 5. The molecule has 1 heterocycles. The molecule has 0 amide bonds. The van der Waals surface area contributed by atoms with Gasteiger partial charge in [0, 0.05) is 32.9 Å². The van der Waals surface area contributed by atoms with E-state index in [4.69, 9.17) is 4.74 Å². The molecule has 0 N–H and O–H groups in total. The second kappa shape index (κ2) is 7.30. The van der Waals surface area contributed by atoms with Crippen LogP contribution in [0.2, 0.25) is 0 Å². The molecule has 0 saturated carbocycles. The molecule has 4 aromatic rings. The second-order valence-corrected chi connectivity index (χ2v) is 7.29. The van der Waals surface area contributed by atoms with Gasteiger partial charge >= 0.3 is 0 Å². The Morgan fingerprint density at radius 3 is 2.27 bits per heavy atom. The van der Waals surface area contributed by atoms with E-state index >= 15 is 0 Å². The number of methoxy groups -OCH3 is 1. The maximum atomic E-state index is 5.37. The third-order valence-electron chi connectivity index (χ3n) is 4.55. The lowest BCUT2D eigenvalue weighted by atomic mass is 10.1. The van der Waals surface area contributed by atoms with Gasteiger partial charge in [0.05, 0.1) is 7.11 Å². The van der Waals surface area contributed by atoms with Crippen LogP contribution in [0, 0.1) is 0 Å². The molecule has 0 unspecified atom stereocenters. The van der Waals surface area contributed by atoms with E-state index in [-0.39, 0.29) is 0 Å². The first-order valence-electron chi connectivity index (χ1n) is 8.79. The van der Waals surface area contributed by atoms with Crippen molar-refractivity contribution in [1.29, 1.82) is 0 Å². The van der Waals surface area contributed by atoms with Crippen molar-refractivity contribution in [1.82, 2.24) is 4.57 Å². The van der Waals surface area contributed by atoms with Crippen molar-refractivity contribution in [3.63, 3.8) is 0 Å². The molecular weight excluding hydrogens is 338 g/mol. The summed E-state index contributed by atoms with van der Waals surface area (Å²) in [4.78, 5) is 2.51. The van der Waals surface area contributed by atoms with Gasteiger partial charge in [0.1, 0.15) is 5.75 Å². The fraction of sp³-hybridized carbons (Fsp3) is 0.130. The van der Waals surface area contributed by atoms with Crippen molar-refractivity contribution in [3.05, 3.63) is 78.9 Å². The van der Waals surface area contributed by atoms with Crippen molar-refractivity contribution in [2.75, 3.05) is 7.11 Å². The topological polar surface area (TPSA) is 14.2 Å². The number of aromatic nitrogens is 1. The van der Waals surface area contributed by atoms with Gasteiger partial charge in [-0.05, 0) is 61.0 Å². The molecule has 2 nitrogen and oxygen atoms in total. The minimum atomic E-state index is 0.895. The molecule has 1 aromatic heterocycles. The summed E-state index contributed by atoms with van der Waals surface area (Å²) < 4.78 is 7.73. The minimum absolute atomic E-state index is 0.895. The summed E-state index contributed by atoms with van der Waals surface area (Å²) in [6.45, 7) is 3.12. The van der Waals surface area contributed by atoms with Gasteiger partial charge in [0.15, 0.2) is 0 Å². The third kappa shape index (κ3) is 3.23. The summed E-state index contributed by atoms with van der Waals surface area (Å²) in [5.74, 6) is 0.895. The molecular formula is C23H21NOS. The first-order chi connectivity index (χ1) is 12.8. The number of hydrogen-bond donors (Lipinski definition) is 0. The molecule has 130 valence electrons. The molecule has 0 spiro atoms. The number of hydrogen-bond acceptors (Lipinski definition) is 2. The van der Waals surface area contributed by atoms with Crippen molar-refractivity contribution >= 4 is 22.7 Å². The van der Waals surface area contributed by atoms with Crippen molar-refractivity contribution in [2.45, 2.75) is 23.3 Å². The highest BCUT2D eigenvalue weighted by Gasteiger charge is 2.10. The van der Waals surface area contributed by atoms with E-state index < -0.39 is 0 Å². The van der Waals surface area contributed by atoms with E-state index in [0.29, 0.717) is 0 Å². The second-order valence-electron chi connectivity index (χ2n) is 6.14. The zero-order chi connectivity index (χ0) is 17.9. The summed E-state index contributed by atoms with van der Waals surface area (Å²) in [6.07, 6.45) is 0. The van der Waals surface area contributed by atoms with Crippen LogP contribution in [0.3, 0.4) is 0 Å². The van der Waals surface area contributed by atoms with Crippen LogP contribution in [-0.4, -0.2) is 11.7 Å². The van der Waals surface area contributed by atoms with Gasteiger partial charge in [0.25, 0.3) is 0 Å². The summed E-state index contributed by atoms with van der Waals surface area (Å²) in [6, 6.07) is 27.8. The highest BCUT2D eigenvalue weighted by molar-refractivity contribution is 7.99. The normalized spacial score (nSPS) is 11.0. The predicted octanol–water partition coefficient (Wildman–Crippen LogP) is 6.49.